The zero-order valence-electron chi connectivity index (χ0n) is 19.6. The molecule has 0 aromatic heterocycles. The monoisotopic (exact) mass is 404 g/mol. The number of unbranched alkanes of at least 4 members (excludes halogenated alkanes) is 15. The van der Waals surface area contributed by atoms with E-state index in [1.54, 1.807) is 0 Å². The van der Waals surface area contributed by atoms with E-state index in [0.29, 0.717) is 0 Å². The topological polar surface area (TPSA) is 0 Å². The summed E-state index contributed by atoms with van der Waals surface area (Å²) in [7, 11) is 0. The first kappa shape index (κ1) is 28.7. The van der Waals surface area contributed by atoms with Crippen LogP contribution < -0.4 is 29.6 Å². The van der Waals surface area contributed by atoms with Gasteiger partial charge in [-0.15, -0.1) is 0 Å². The Kier molecular flexibility index (Phi) is 22.2. The van der Waals surface area contributed by atoms with Crippen LogP contribution in [0.2, 0.25) is 0 Å². The van der Waals surface area contributed by atoms with Crippen molar-refractivity contribution in [2.75, 3.05) is 0 Å². The van der Waals surface area contributed by atoms with Crippen molar-refractivity contribution in [3.63, 3.8) is 0 Å². The number of hydrogen-bond donors (Lipinski definition) is 0. The summed E-state index contributed by atoms with van der Waals surface area (Å²) in [6.45, 7) is 6.18. The van der Waals surface area contributed by atoms with Gasteiger partial charge in [0.05, 0.1) is 0 Å². The van der Waals surface area contributed by atoms with Gasteiger partial charge in [-0.3, -0.25) is 0 Å². The van der Waals surface area contributed by atoms with E-state index < -0.39 is 0 Å². The predicted molar refractivity (Wildman–Crippen MR) is 129 cm³/mol. The fourth-order valence-electron chi connectivity index (χ4n) is 3.68. The van der Waals surface area contributed by atoms with Crippen molar-refractivity contribution >= 4 is 10.8 Å². The molecular formula is C28H45Na. The van der Waals surface area contributed by atoms with Gasteiger partial charge in [-0.1, -0.05) is 152 Å². The molecule has 2 rings (SSSR count). The molecule has 0 fully saturated rings. The van der Waals surface area contributed by atoms with Gasteiger partial charge in [0.2, 0.25) is 0 Å². The summed E-state index contributed by atoms with van der Waals surface area (Å²) in [4.78, 5) is 0. The molecule has 0 saturated carbocycles. The Balaban J connectivity index is 0.000000595. The third kappa shape index (κ3) is 17.1. The Bertz CT molecular complexity index is 482. The molecule has 2 aromatic rings. The molecule has 0 aliphatic rings. The van der Waals surface area contributed by atoms with E-state index in [2.05, 4.69) is 62.4 Å². The van der Waals surface area contributed by atoms with Crippen LogP contribution in [0.25, 0.3) is 10.8 Å². The third-order valence-corrected chi connectivity index (χ3v) is 5.51. The summed E-state index contributed by atoms with van der Waals surface area (Å²) in [5, 5.41) is 2.62. The molecular weight excluding hydrogens is 359 g/mol. The summed E-state index contributed by atoms with van der Waals surface area (Å²) in [6, 6.07) is 16.7. The molecule has 0 radical (unpaired) electrons. The maximum atomic E-state index is 3.88. The van der Waals surface area contributed by atoms with Gasteiger partial charge in [0.1, 0.15) is 0 Å². The van der Waals surface area contributed by atoms with Crippen molar-refractivity contribution in [2.45, 2.75) is 110 Å². The molecule has 0 amide bonds. The average molecular weight is 405 g/mol. The number of hydrogen-bond acceptors (Lipinski definition) is 0. The molecule has 0 atom stereocenters. The number of fused-ring (bicyclic) bond motifs is 1. The fraction of sp³-hybridized carbons (Fsp3) is 0.607. The van der Waals surface area contributed by atoms with Gasteiger partial charge in [0.15, 0.2) is 0 Å². The van der Waals surface area contributed by atoms with Gasteiger partial charge in [0, 0.05) is 0 Å². The van der Waals surface area contributed by atoms with E-state index in [1.165, 1.54) is 107 Å². The van der Waals surface area contributed by atoms with E-state index >= 15 is 0 Å². The van der Waals surface area contributed by atoms with Crippen LogP contribution in [-0.2, 0) is 0 Å². The molecule has 0 bridgehead atoms. The molecule has 0 N–H and O–H groups in total. The van der Waals surface area contributed by atoms with Crippen molar-refractivity contribution in [2.24, 2.45) is 0 Å². The molecule has 0 aliphatic carbocycles. The van der Waals surface area contributed by atoms with Crippen LogP contribution in [0.1, 0.15) is 110 Å². The van der Waals surface area contributed by atoms with E-state index in [4.69, 9.17) is 0 Å². The van der Waals surface area contributed by atoms with Crippen LogP contribution in [-0.4, -0.2) is 0 Å². The van der Waals surface area contributed by atoms with Crippen LogP contribution in [0.3, 0.4) is 0 Å². The minimum absolute atomic E-state index is 0. The Morgan fingerprint density at radius 2 is 0.759 bits per heavy atom. The Labute approximate surface area is 204 Å². The van der Waals surface area contributed by atoms with Gasteiger partial charge < -0.3 is 6.92 Å². The standard InChI is InChI=1S/C18H37.C10H8.Na/c1-3-5-7-9-11-13-15-17-18-16-14-12-10-8-6-4-2;1-2-6-10-8-4-3-7-9(10)5-1;/h1,3-18H2,2H3;1-8H;/q-1;;+1. The second kappa shape index (κ2) is 22.4. The van der Waals surface area contributed by atoms with E-state index in [1.807, 2.05) is 0 Å². The normalized spacial score (nSPS) is 10.3. The molecule has 0 aliphatic heterocycles. The minimum Gasteiger partial charge on any atom is -0.343 e. The molecule has 29 heavy (non-hydrogen) atoms. The summed E-state index contributed by atoms with van der Waals surface area (Å²) >= 11 is 0. The molecule has 1 heteroatoms. The van der Waals surface area contributed by atoms with Gasteiger partial charge in [-0.25, -0.2) is 0 Å². The van der Waals surface area contributed by atoms with E-state index in [9.17, 15) is 0 Å². The molecule has 0 nitrogen and oxygen atoms in total. The maximum absolute atomic E-state index is 3.88. The van der Waals surface area contributed by atoms with Crippen LogP contribution in [0, 0.1) is 6.92 Å². The molecule has 0 saturated heterocycles. The first-order valence-electron chi connectivity index (χ1n) is 12.1. The molecule has 0 spiro atoms. The Hall–Kier alpha value is -0.300. The van der Waals surface area contributed by atoms with Gasteiger partial charge in [-0.05, 0) is 10.8 Å². The summed E-state index contributed by atoms with van der Waals surface area (Å²) in [5.41, 5.74) is 0. The summed E-state index contributed by atoms with van der Waals surface area (Å²) in [5.74, 6) is 0. The molecule has 2 aromatic carbocycles. The van der Waals surface area contributed by atoms with Crippen molar-refractivity contribution < 1.29 is 29.6 Å². The van der Waals surface area contributed by atoms with Crippen molar-refractivity contribution in [1.82, 2.24) is 0 Å². The van der Waals surface area contributed by atoms with Crippen molar-refractivity contribution in [1.29, 1.82) is 0 Å². The zero-order chi connectivity index (χ0) is 20.1. The summed E-state index contributed by atoms with van der Waals surface area (Å²) < 4.78 is 0. The molecule has 158 valence electrons. The second-order valence-corrected chi connectivity index (χ2v) is 8.15. The summed E-state index contributed by atoms with van der Waals surface area (Å²) in [6.07, 6.45) is 22.8. The largest absolute Gasteiger partial charge is 1.00 e. The van der Waals surface area contributed by atoms with Gasteiger partial charge >= 0.3 is 29.6 Å². The smallest absolute Gasteiger partial charge is 0.343 e. The van der Waals surface area contributed by atoms with E-state index in [-0.39, 0.29) is 29.6 Å². The second-order valence-electron chi connectivity index (χ2n) is 8.15. The van der Waals surface area contributed by atoms with Gasteiger partial charge in [-0.2, -0.15) is 6.42 Å². The van der Waals surface area contributed by atoms with Gasteiger partial charge in [0.25, 0.3) is 0 Å². The minimum atomic E-state index is 0. The van der Waals surface area contributed by atoms with Crippen LogP contribution in [0.5, 0.6) is 0 Å². The van der Waals surface area contributed by atoms with Crippen LogP contribution in [0.4, 0.5) is 0 Å². The Morgan fingerprint density at radius 3 is 1.03 bits per heavy atom. The molecule has 0 unspecified atom stereocenters. The number of rotatable bonds is 15. The van der Waals surface area contributed by atoms with Crippen LogP contribution >= 0.6 is 0 Å². The zero-order valence-corrected chi connectivity index (χ0v) is 21.6. The average Bonchev–Trinajstić information content (AvgIpc) is 2.74. The van der Waals surface area contributed by atoms with E-state index in [0.717, 1.165) is 6.42 Å². The first-order valence-corrected chi connectivity index (χ1v) is 12.1. The van der Waals surface area contributed by atoms with Crippen LogP contribution in [0.15, 0.2) is 48.5 Å². The first-order chi connectivity index (χ1) is 13.9. The Morgan fingerprint density at radius 1 is 0.483 bits per heavy atom. The quantitative estimate of drug-likeness (QED) is 0.172. The van der Waals surface area contributed by atoms with Crippen molar-refractivity contribution in [3.05, 3.63) is 55.5 Å². The fourth-order valence-corrected chi connectivity index (χ4v) is 3.68. The predicted octanol–water partition coefficient (Wildman–Crippen LogP) is 6.93. The molecule has 0 heterocycles. The maximum Gasteiger partial charge on any atom is 1.00 e. The SMILES string of the molecule is [CH2-]CCCCCCCCCCCCCCCCC.[Na+].c1ccc2ccccc2c1. The third-order valence-electron chi connectivity index (χ3n) is 5.51. The number of benzene rings is 2. The van der Waals surface area contributed by atoms with Crippen molar-refractivity contribution in [3.8, 4) is 0 Å².